The number of hydrogen-bond acceptors (Lipinski definition) is 3. The maximum atomic E-state index is 12.4. The minimum atomic E-state index is -3.50. The number of aliphatic hydroxyl groups is 1. The average Bonchev–Trinajstić information content (AvgIpc) is 2.36. The van der Waals surface area contributed by atoms with Crippen molar-refractivity contribution in [3.8, 4) is 11.8 Å². The Morgan fingerprint density at radius 3 is 2.81 bits per heavy atom. The van der Waals surface area contributed by atoms with Crippen molar-refractivity contribution in [2.75, 3.05) is 6.61 Å². The molecule has 1 atom stereocenters. The van der Waals surface area contributed by atoms with E-state index in [4.69, 9.17) is 5.11 Å². The molecule has 2 rings (SSSR count). The first-order valence-electron chi connectivity index (χ1n) is 7.25. The monoisotopic (exact) mass is 307 g/mol. The molecule has 1 aliphatic rings. The highest BCUT2D eigenvalue weighted by Crippen LogP contribution is 2.30. The van der Waals surface area contributed by atoms with Crippen molar-refractivity contribution >= 4 is 10.0 Å². The summed E-state index contributed by atoms with van der Waals surface area (Å²) in [7, 11) is -3.50. The summed E-state index contributed by atoms with van der Waals surface area (Å²) in [6.45, 7) is 1.93. The SMILES string of the molecule is CC(NS(=O)(=O)c1cccc(C#CCCO)c1)C1CCC1. The van der Waals surface area contributed by atoms with E-state index in [0.717, 1.165) is 12.8 Å². The van der Waals surface area contributed by atoms with Gasteiger partial charge in [0.05, 0.1) is 11.5 Å². The van der Waals surface area contributed by atoms with Crippen LogP contribution in [0.1, 0.15) is 38.2 Å². The van der Waals surface area contributed by atoms with Gasteiger partial charge in [0, 0.05) is 18.0 Å². The summed E-state index contributed by atoms with van der Waals surface area (Å²) in [5.41, 5.74) is 0.641. The van der Waals surface area contributed by atoms with Gasteiger partial charge in [-0.3, -0.25) is 0 Å². The van der Waals surface area contributed by atoms with E-state index in [9.17, 15) is 8.42 Å². The van der Waals surface area contributed by atoms with E-state index < -0.39 is 10.0 Å². The highest BCUT2D eigenvalue weighted by Gasteiger charge is 2.27. The van der Waals surface area contributed by atoms with E-state index in [1.807, 2.05) is 6.92 Å². The predicted molar refractivity (Wildman–Crippen MR) is 82.1 cm³/mol. The second-order valence-corrected chi connectivity index (χ2v) is 7.12. The van der Waals surface area contributed by atoms with Crippen LogP contribution in [-0.4, -0.2) is 26.2 Å². The third kappa shape index (κ3) is 4.31. The predicted octanol–water partition coefficient (Wildman–Crippen LogP) is 1.89. The van der Waals surface area contributed by atoms with E-state index in [1.54, 1.807) is 24.3 Å². The van der Waals surface area contributed by atoms with Crippen LogP contribution in [0.4, 0.5) is 0 Å². The van der Waals surface area contributed by atoms with Gasteiger partial charge in [0.15, 0.2) is 0 Å². The maximum absolute atomic E-state index is 12.4. The Kier molecular flexibility index (Phi) is 5.40. The molecule has 0 radical (unpaired) electrons. The van der Waals surface area contributed by atoms with E-state index in [2.05, 4.69) is 16.6 Å². The van der Waals surface area contributed by atoms with Gasteiger partial charge < -0.3 is 5.11 Å². The summed E-state index contributed by atoms with van der Waals surface area (Å²) in [5.74, 6) is 6.10. The van der Waals surface area contributed by atoms with Crippen molar-refractivity contribution in [2.45, 2.75) is 43.5 Å². The molecular weight excluding hydrogens is 286 g/mol. The zero-order chi connectivity index (χ0) is 15.3. The highest BCUT2D eigenvalue weighted by atomic mass is 32.2. The normalized spacial score (nSPS) is 16.7. The van der Waals surface area contributed by atoms with Gasteiger partial charge in [0.2, 0.25) is 10.0 Å². The van der Waals surface area contributed by atoms with Crippen molar-refractivity contribution in [3.05, 3.63) is 29.8 Å². The molecule has 0 heterocycles. The molecular formula is C16H21NO3S. The van der Waals surface area contributed by atoms with Gasteiger partial charge in [-0.05, 0) is 43.9 Å². The van der Waals surface area contributed by atoms with Crippen molar-refractivity contribution < 1.29 is 13.5 Å². The molecule has 0 bridgehead atoms. The number of hydrogen-bond donors (Lipinski definition) is 2. The van der Waals surface area contributed by atoms with Crippen LogP contribution in [0.3, 0.4) is 0 Å². The molecule has 1 unspecified atom stereocenters. The summed E-state index contributed by atoms with van der Waals surface area (Å²) >= 11 is 0. The fourth-order valence-corrected chi connectivity index (χ4v) is 3.67. The van der Waals surface area contributed by atoms with Crippen LogP contribution < -0.4 is 4.72 Å². The van der Waals surface area contributed by atoms with Crippen molar-refractivity contribution in [2.24, 2.45) is 5.92 Å². The Bertz CT molecular complexity index is 639. The van der Waals surface area contributed by atoms with Crippen molar-refractivity contribution in [3.63, 3.8) is 0 Å². The van der Waals surface area contributed by atoms with E-state index in [0.29, 0.717) is 17.9 Å². The summed E-state index contributed by atoms with van der Waals surface area (Å²) in [5, 5.41) is 8.70. The topological polar surface area (TPSA) is 66.4 Å². The largest absolute Gasteiger partial charge is 0.395 e. The standard InChI is InChI=1S/C16H21NO3S/c1-13(15-8-5-9-15)17-21(19,20)16-10-4-7-14(12-16)6-2-3-11-18/h4,7,10,12-13,15,17-18H,3,5,8-9,11H2,1H3. The van der Waals surface area contributed by atoms with Gasteiger partial charge >= 0.3 is 0 Å². The smallest absolute Gasteiger partial charge is 0.240 e. The Morgan fingerprint density at radius 2 is 2.19 bits per heavy atom. The quantitative estimate of drug-likeness (QED) is 0.816. The van der Waals surface area contributed by atoms with Gasteiger partial charge in [-0.15, -0.1) is 0 Å². The summed E-state index contributed by atoms with van der Waals surface area (Å²) in [6.07, 6.45) is 3.76. The van der Waals surface area contributed by atoms with Gasteiger partial charge in [0.25, 0.3) is 0 Å². The molecule has 5 heteroatoms. The maximum Gasteiger partial charge on any atom is 0.240 e. The molecule has 4 nitrogen and oxygen atoms in total. The average molecular weight is 307 g/mol. The van der Waals surface area contributed by atoms with Gasteiger partial charge in [0.1, 0.15) is 0 Å². The Labute approximate surface area is 126 Å². The Morgan fingerprint density at radius 1 is 1.43 bits per heavy atom. The van der Waals surface area contributed by atoms with Crippen LogP contribution in [-0.2, 0) is 10.0 Å². The molecule has 1 fully saturated rings. The molecule has 0 aromatic heterocycles. The number of aliphatic hydroxyl groups excluding tert-OH is 1. The molecule has 1 aromatic carbocycles. The van der Waals surface area contributed by atoms with Crippen molar-refractivity contribution in [1.82, 2.24) is 4.72 Å². The van der Waals surface area contributed by atoms with Crippen LogP contribution in [0, 0.1) is 17.8 Å². The van der Waals surface area contributed by atoms with Crippen molar-refractivity contribution in [1.29, 1.82) is 0 Å². The molecule has 114 valence electrons. The number of rotatable bonds is 5. The molecule has 2 N–H and O–H groups in total. The Balaban J connectivity index is 2.12. The van der Waals surface area contributed by atoms with Crippen LogP contribution in [0.15, 0.2) is 29.2 Å². The van der Waals surface area contributed by atoms with Crippen LogP contribution in [0.2, 0.25) is 0 Å². The minimum absolute atomic E-state index is 0.00540. The molecule has 0 aliphatic heterocycles. The molecule has 21 heavy (non-hydrogen) atoms. The van der Waals surface area contributed by atoms with Gasteiger partial charge in [-0.25, -0.2) is 13.1 Å². The molecule has 1 aromatic rings. The lowest BCUT2D eigenvalue weighted by Gasteiger charge is -2.31. The number of benzene rings is 1. The van der Waals surface area contributed by atoms with E-state index in [-0.39, 0.29) is 17.5 Å². The number of nitrogens with one attached hydrogen (secondary N) is 1. The molecule has 1 saturated carbocycles. The molecule has 0 saturated heterocycles. The van der Waals surface area contributed by atoms with Crippen LogP contribution in [0.25, 0.3) is 0 Å². The lowest BCUT2D eigenvalue weighted by molar-refractivity contribution is 0.260. The van der Waals surface area contributed by atoms with Crippen LogP contribution >= 0.6 is 0 Å². The van der Waals surface area contributed by atoms with Gasteiger partial charge in [-0.1, -0.05) is 24.3 Å². The first kappa shape index (κ1) is 16.0. The Hall–Kier alpha value is -1.35. The van der Waals surface area contributed by atoms with E-state index in [1.165, 1.54) is 6.42 Å². The number of sulfonamides is 1. The highest BCUT2D eigenvalue weighted by molar-refractivity contribution is 7.89. The molecule has 0 spiro atoms. The first-order chi connectivity index (χ1) is 10.0. The lowest BCUT2D eigenvalue weighted by atomic mass is 9.81. The summed E-state index contributed by atoms with van der Waals surface area (Å²) < 4.78 is 27.5. The summed E-state index contributed by atoms with van der Waals surface area (Å²) in [4.78, 5) is 0.240. The zero-order valence-electron chi connectivity index (χ0n) is 12.2. The third-order valence-corrected chi connectivity index (χ3v) is 5.37. The first-order valence-corrected chi connectivity index (χ1v) is 8.73. The minimum Gasteiger partial charge on any atom is -0.395 e. The van der Waals surface area contributed by atoms with Crippen LogP contribution in [0.5, 0.6) is 0 Å². The molecule has 0 amide bonds. The third-order valence-electron chi connectivity index (χ3n) is 3.81. The second-order valence-electron chi connectivity index (χ2n) is 5.40. The fourth-order valence-electron chi connectivity index (χ4n) is 2.31. The van der Waals surface area contributed by atoms with Gasteiger partial charge in [-0.2, -0.15) is 0 Å². The van der Waals surface area contributed by atoms with E-state index >= 15 is 0 Å². The molecule has 1 aliphatic carbocycles. The summed E-state index contributed by atoms with van der Waals surface area (Å²) in [6, 6.07) is 6.56. The second kappa shape index (κ2) is 7.08. The zero-order valence-corrected chi connectivity index (χ0v) is 13.0. The fraction of sp³-hybridized carbons (Fsp3) is 0.500. The lowest BCUT2D eigenvalue weighted by Crippen LogP contribution is -2.40.